The Kier molecular flexibility index (Phi) is 1.82. The summed E-state index contributed by atoms with van der Waals surface area (Å²) >= 11 is 3.14. The van der Waals surface area contributed by atoms with Crippen molar-refractivity contribution in [2.75, 3.05) is 0 Å². The Bertz CT molecular complexity index is 521. The lowest BCUT2D eigenvalue weighted by molar-refractivity contribution is 1.36. The van der Waals surface area contributed by atoms with Crippen molar-refractivity contribution < 1.29 is 0 Å². The van der Waals surface area contributed by atoms with Crippen LogP contribution in [-0.2, 0) is 0 Å². The molecule has 0 N–H and O–H groups in total. The summed E-state index contributed by atoms with van der Waals surface area (Å²) in [6, 6.07) is 8.12. The fourth-order valence-corrected chi connectivity index (χ4v) is 2.74. The van der Waals surface area contributed by atoms with Crippen molar-refractivity contribution in [3.63, 3.8) is 0 Å². The Hall–Kier alpha value is -1.26. The monoisotopic (exact) mass is 217 g/mol. The first-order valence-corrected chi connectivity index (χ1v) is 5.80. The highest BCUT2D eigenvalue weighted by Gasteiger charge is 2.06. The van der Waals surface area contributed by atoms with Crippen molar-refractivity contribution >= 4 is 32.9 Å². The third kappa shape index (κ3) is 1.23. The molecule has 67 valence electrons. The van der Waals surface area contributed by atoms with Crippen LogP contribution in [0, 0.1) is 5.51 Å². The minimum Gasteiger partial charge on any atom is -0.234 e. The maximum atomic E-state index is 4.50. The number of thiazole rings is 2. The molecule has 0 saturated heterocycles. The number of hydrogen-bond donors (Lipinski definition) is 0. The average molecular weight is 217 g/mol. The minimum absolute atomic E-state index is 0.927. The Balaban J connectivity index is 2.24. The van der Waals surface area contributed by atoms with Gasteiger partial charge < -0.3 is 0 Å². The number of aromatic nitrogens is 2. The summed E-state index contributed by atoms with van der Waals surface area (Å²) in [5.41, 5.74) is 4.80. The van der Waals surface area contributed by atoms with Gasteiger partial charge in [0.15, 0.2) is 5.51 Å². The molecule has 1 radical (unpaired) electrons. The first-order chi connectivity index (χ1) is 6.93. The van der Waals surface area contributed by atoms with Gasteiger partial charge in [0.1, 0.15) is 10.7 Å². The van der Waals surface area contributed by atoms with Gasteiger partial charge in [-0.1, -0.05) is 12.1 Å². The molecule has 0 aliphatic carbocycles. The Morgan fingerprint density at radius 1 is 1.21 bits per heavy atom. The van der Waals surface area contributed by atoms with Gasteiger partial charge in [-0.15, -0.1) is 22.7 Å². The fourth-order valence-electron chi connectivity index (χ4n) is 1.26. The van der Waals surface area contributed by atoms with Gasteiger partial charge in [-0.3, -0.25) is 0 Å². The van der Waals surface area contributed by atoms with E-state index in [1.807, 2.05) is 23.6 Å². The van der Waals surface area contributed by atoms with Crippen LogP contribution in [0.1, 0.15) is 0 Å². The van der Waals surface area contributed by atoms with Crippen LogP contribution in [0.3, 0.4) is 0 Å². The predicted octanol–water partition coefficient (Wildman–Crippen LogP) is 3.22. The largest absolute Gasteiger partial charge is 0.234 e. The van der Waals surface area contributed by atoms with E-state index in [0.29, 0.717) is 0 Å². The molecule has 0 saturated carbocycles. The summed E-state index contributed by atoms with van der Waals surface area (Å²) in [4.78, 5) is 8.62. The zero-order chi connectivity index (χ0) is 9.38. The SMILES string of the molecule is [c]1nc(-c2nc3ccccc3s2)cs1. The van der Waals surface area contributed by atoms with E-state index in [1.54, 1.807) is 11.3 Å². The van der Waals surface area contributed by atoms with E-state index in [0.717, 1.165) is 16.2 Å². The molecule has 0 unspecified atom stereocenters. The van der Waals surface area contributed by atoms with Crippen molar-refractivity contribution in [3.05, 3.63) is 35.2 Å². The van der Waals surface area contributed by atoms with Gasteiger partial charge >= 0.3 is 0 Å². The lowest BCUT2D eigenvalue weighted by Crippen LogP contribution is -1.72. The zero-order valence-corrected chi connectivity index (χ0v) is 8.73. The third-order valence-electron chi connectivity index (χ3n) is 1.90. The first-order valence-electron chi connectivity index (χ1n) is 4.11. The Labute approximate surface area is 88.9 Å². The molecular formula is C10H5N2S2. The zero-order valence-electron chi connectivity index (χ0n) is 7.10. The normalized spacial score (nSPS) is 10.9. The summed E-state index contributed by atoms with van der Waals surface area (Å²) in [5.74, 6) is 0. The second-order valence-electron chi connectivity index (χ2n) is 2.81. The maximum absolute atomic E-state index is 4.50. The number of nitrogens with zero attached hydrogens (tertiary/aromatic N) is 2. The van der Waals surface area contributed by atoms with E-state index in [1.165, 1.54) is 16.0 Å². The highest BCUT2D eigenvalue weighted by Crippen LogP contribution is 2.29. The molecule has 2 nitrogen and oxygen atoms in total. The van der Waals surface area contributed by atoms with Crippen LogP contribution in [0.15, 0.2) is 29.6 Å². The van der Waals surface area contributed by atoms with Gasteiger partial charge in [0, 0.05) is 5.38 Å². The number of benzene rings is 1. The second-order valence-corrected chi connectivity index (χ2v) is 4.50. The lowest BCUT2D eigenvalue weighted by Gasteiger charge is -1.82. The molecule has 0 amide bonds. The number of hydrogen-bond acceptors (Lipinski definition) is 4. The molecule has 14 heavy (non-hydrogen) atoms. The van der Waals surface area contributed by atoms with Crippen molar-refractivity contribution in [2.24, 2.45) is 0 Å². The van der Waals surface area contributed by atoms with E-state index >= 15 is 0 Å². The lowest BCUT2D eigenvalue weighted by atomic mass is 10.3. The Morgan fingerprint density at radius 3 is 2.93 bits per heavy atom. The van der Waals surface area contributed by atoms with Crippen LogP contribution >= 0.6 is 22.7 Å². The van der Waals surface area contributed by atoms with Crippen LogP contribution in [-0.4, -0.2) is 9.97 Å². The molecule has 2 aromatic heterocycles. The summed E-state index contributed by atoms with van der Waals surface area (Å²) in [6.45, 7) is 0. The van der Waals surface area contributed by atoms with Gasteiger partial charge in [0.05, 0.1) is 10.2 Å². The molecule has 0 aliphatic heterocycles. The van der Waals surface area contributed by atoms with Crippen LogP contribution in [0.2, 0.25) is 0 Å². The quantitative estimate of drug-likeness (QED) is 0.625. The smallest absolute Gasteiger partial charge is 0.152 e. The summed E-state index contributed by atoms with van der Waals surface area (Å²) < 4.78 is 1.20. The average Bonchev–Trinajstić information content (AvgIpc) is 2.86. The number of fused-ring (bicyclic) bond motifs is 1. The molecule has 0 bridgehead atoms. The van der Waals surface area contributed by atoms with Crippen LogP contribution in [0.25, 0.3) is 20.9 Å². The molecule has 0 atom stereocenters. The maximum Gasteiger partial charge on any atom is 0.152 e. The van der Waals surface area contributed by atoms with Crippen molar-refractivity contribution in [2.45, 2.75) is 0 Å². The summed E-state index contributed by atoms with van der Waals surface area (Å²) in [5, 5.41) is 2.95. The molecule has 3 aromatic rings. The van der Waals surface area contributed by atoms with Gasteiger partial charge in [0.25, 0.3) is 0 Å². The molecule has 3 rings (SSSR count). The van der Waals surface area contributed by atoms with Crippen molar-refractivity contribution in [1.29, 1.82) is 0 Å². The molecule has 0 aliphatic rings. The molecule has 1 aromatic carbocycles. The van der Waals surface area contributed by atoms with E-state index in [-0.39, 0.29) is 0 Å². The standard InChI is InChI=1S/C10H5N2S2/c1-2-4-9-7(3-1)12-10(14-9)8-5-13-6-11-8/h1-5H. The first kappa shape index (κ1) is 8.08. The number of rotatable bonds is 1. The molecule has 0 spiro atoms. The highest BCUT2D eigenvalue weighted by molar-refractivity contribution is 7.21. The van der Waals surface area contributed by atoms with Gasteiger partial charge in [-0.05, 0) is 12.1 Å². The van der Waals surface area contributed by atoms with E-state index in [2.05, 4.69) is 21.5 Å². The van der Waals surface area contributed by atoms with Gasteiger partial charge in [-0.25, -0.2) is 9.97 Å². The predicted molar refractivity (Wildman–Crippen MR) is 59.6 cm³/mol. The summed E-state index contributed by atoms with van der Waals surface area (Å²) in [7, 11) is 0. The molecule has 0 fully saturated rings. The van der Waals surface area contributed by atoms with Gasteiger partial charge in [-0.2, -0.15) is 0 Å². The van der Waals surface area contributed by atoms with Gasteiger partial charge in [0.2, 0.25) is 0 Å². The summed E-state index contributed by atoms with van der Waals surface area (Å²) in [6.07, 6.45) is 0. The molecular weight excluding hydrogens is 212 g/mol. The highest BCUT2D eigenvalue weighted by atomic mass is 32.1. The van der Waals surface area contributed by atoms with E-state index in [4.69, 9.17) is 0 Å². The molecule has 4 heteroatoms. The second kappa shape index (κ2) is 3.15. The number of para-hydroxylation sites is 1. The van der Waals surface area contributed by atoms with Crippen molar-refractivity contribution in [1.82, 2.24) is 9.97 Å². The Morgan fingerprint density at radius 2 is 2.14 bits per heavy atom. The van der Waals surface area contributed by atoms with Crippen LogP contribution < -0.4 is 0 Å². The molecule has 2 heterocycles. The third-order valence-corrected chi connectivity index (χ3v) is 3.50. The van der Waals surface area contributed by atoms with E-state index < -0.39 is 0 Å². The topological polar surface area (TPSA) is 25.8 Å². The fraction of sp³-hybridized carbons (Fsp3) is 0. The van der Waals surface area contributed by atoms with Crippen molar-refractivity contribution in [3.8, 4) is 10.7 Å². The van der Waals surface area contributed by atoms with Crippen LogP contribution in [0.5, 0.6) is 0 Å². The van der Waals surface area contributed by atoms with Crippen LogP contribution in [0.4, 0.5) is 0 Å². The minimum atomic E-state index is 0.927. The van der Waals surface area contributed by atoms with E-state index in [9.17, 15) is 0 Å².